The van der Waals surface area contributed by atoms with Crippen molar-refractivity contribution in [1.82, 2.24) is 10.0 Å². The number of hydrogen-bond acceptors (Lipinski definition) is 3. The van der Waals surface area contributed by atoms with Gasteiger partial charge in [0.05, 0.1) is 4.90 Å². The third-order valence-corrected chi connectivity index (χ3v) is 4.76. The SMILES string of the molecule is CCCNC(=O)c1ccc(S(=O)(=O)NCc2ccc(F)cc2)cc1. The van der Waals surface area contributed by atoms with Gasteiger partial charge in [0.1, 0.15) is 5.82 Å². The van der Waals surface area contributed by atoms with Gasteiger partial charge >= 0.3 is 0 Å². The molecular weight excluding hydrogens is 331 g/mol. The van der Waals surface area contributed by atoms with Gasteiger partial charge in [-0.1, -0.05) is 19.1 Å². The first-order chi connectivity index (χ1) is 11.4. The number of sulfonamides is 1. The van der Waals surface area contributed by atoms with Gasteiger partial charge in [0.25, 0.3) is 5.91 Å². The van der Waals surface area contributed by atoms with Crippen molar-refractivity contribution in [2.24, 2.45) is 0 Å². The van der Waals surface area contributed by atoms with E-state index in [4.69, 9.17) is 0 Å². The molecule has 1 amide bonds. The Morgan fingerprint density at radius 1 is 1.04 bits per heavy atom. The fourth-order valence-electron chi connectivity index (χ4n) is 1.99. The monoisotopic (exact) mass is 350 g/mol. The predicted octanol–water partition coefficient (Wildman–Crippen LogP) is 2.44. The maximum absolute atomic E-state index is 12.8. The Hall–Kier alpha value is -2.25. The Morgan fingerprint density at radius 2 is 1.67 bits per heavy atom. The van der Waals surface area contributed by atoms with Crippen LogP contribution >= 0.6 is 0 Å². The predicted molar refractivity (Wildman–Crippen MR) is 89.5 cm³/mol. The number of hydrogen-bond donors (Lipinski definition) is 2. The van der Waals surface area contributed by atoms with Gasteiger partial charge in [-0.2, -0.15) is 0 Å². The molecule has 0 saturated carbocycles. The van der Waals surface area contributed by atoms with Crippen LogP contribution in [-0.4, -0.2) is 20.9 Å². The lowest BCUT2D eigenvalue weighted by atomic mass is 10.2. The molecular formula is C17H19FN2O3S. The van der Waals surface area contributed by atoms with Gasteiger partial charge in [-0.05, 0) is 48.4 Å². The highest BCUT2D eigenvalue weighted by atomic mass is 32.2. The fourth-order valence-corrected chi connectivity index (χ4v) is 3.01. The first kappa shape index (κ1) is 18.1. The molecule has 0 heterocycles. The maximum atomic E-state index is 12.8. The molecule has 0 radical (unpaired) electrons. The lowest BCUT2D eigenvalue weighted by Gasteiger charge is -2.08. The molecule has 24 heavy (non-hydrogen) atoms. The lowest BCUT2D eigenvalue weighted by molar-refractivity contribution is 0.0953. The number of amides is 1. The van der Waals surface area contributed by atoms with E-state index >= 15 is 0 Å². The summed E-state index contributed by atoms with van der Waals surface area (Å²) in [6.45, 7) is 2.57. The zero-order valence-corrected chi connectivity index (χ0v) is 14.1. The minimum atomic E-state index is -3.70. The average molecular weight is 350 g/mol. The molecule has 2 aromatic carbocycles. The number of carbonyl (C=O) groups is 1. The van der Waals surface area contributed by atoms with Crippen molar-refractivity contribution in [3.8, 4) is 0 Å². The number of benzene rings is 2. The Kier molecular flexibility index (Phi) is 6.05. The summed E-state index contributed by atoms with van der Waals surface area (Å²) in [7, 11) is -3.70. The van der Waals surface area contributed by atoms with Crippen molar-refractivity contribution in [2.75, 3.05) is 6.54 Å². The normalized spacial score (nSPS) is 11.2. The first-order valence-corrected chi connectivity index (χ1v) is 9.03. The molecule has 0 aliphatic rings. The summed E-state index contributed by atoms with van der Waals surface area (Å²) < 4.78 is 39.8. The van der Waals surface area contributed by atoms with E-state index in [0.29, 0.717) is 17.7 Å². The highest BCUT2D eigenvalue weighted by molar-refractivity contribution is 7.89. The third kappa shape index (κ3) is 4.87. The number of rotatable bonds is 7. The van der Waals surface area contributed by atoms with Gasteiger partial charge in [0, 0.05) is 18.7 Å². The van der Waals surface area contributed by atoms with Crippen molar-refractivity contribution in [1.29, 1.82) is 0 Å². The van der Waals surface area contributed by atoms with E-state index < -0.39 is 10.0 Å². The lowest BCUT2D eigenvalue weighted by Crippen LogP contribution is -2.25. The molecule has 0 bridgehead atoms. The second-order valence-electron chi connectivity index (χ2n) is 5.23. The van der Waals surface area contributed by atoms with Gasteiger partial charge in [-0.3, -0.25) is 4.79 Å². The summed E-state index contributed by atoms with van der Waals surface area (Å²) in [5.74, 6) is -0.612. The topological polar surface area (TPSA) is 75.3 Å². The van der Waals surface area contributed by atoms with Crippen LogP contribution in [0.1, 0.15) is 29.3 Å². The molecule has 0 spiro atoms. The molecule has 0 unspecified atom stereocenters. The van der Waals surface area contributed by atoms with E-state index in [1.165, 1.54) is 48.5 Å². The molecule has 0 aromatic heterocycles. The molecule has 0 fully saturated rings. The standard InChI is InChI=1S/C17H19FN2O3S/c1-2-11-19-17(21)14-5-9-16(10-6-14)24(22,23)20-12-13-3-7-15(18)8-4-13/h3-10,20H,2,11-12H2,1H3,(H,19,21). The second-order valence-corrected chi connectivity index (χ2v) is 7.00. The van der Waals surface area contributed by atoms with Crippen LogP contribution in [0.2, 0.25) is 0 Å². The molecule has 0 aliphatic heterocycles. The van der Waals surface area contributed by atoms with Crippen molar-refractivity contribution >= 4 is 15.9 Å². The maximum Gasteiger partial charge on any atom is 0.251 e. The Bertz CT molecular complexity index is 788. The van der Waals surface area contributed by atoms with Crippen LogP contribution in [0.25, 0.3) is 0 Å². The molecule has 2 N–H and O–H groups in total. The Labute approximate surface area is 141 Å². The highest BCUT2D eigenvalue weighted by Gasteiger charge is 2.14. The van der Waals surface area contributed by atoms with Gasteiger partial charge in [-0.25, -0.2) is 17.5 Å². The van der Waals surface area contributed by atoms with Crippen LogP contribution < -0.4 is 10.0 Å². The highest BCUT2D eigenvalue weighted by Crippen LogP contribution is 2.12. The van der Waals surface area contributed by atoms with Crippen LogP contribution in [0.4, 0.5) is 4.39 Å². The summed E-state index contributed by atoms with van der Waals surface area (Å²) in [5.41, 5.74) is 1.05. The summed E-state index contributed by atoms with van der Waals surface area (Å²) >= 11 is 0. The minimum Gasteiger partial charge on any atom is -0.352 e. The summed E-state index contributed by atoms with van der Waals surface area (Å²) in [6, 6.07) is 11.3. The van der Waals surface area contributed by atoms with Crippen LogP contribution in [0.3, 0.4) is 0 Å². The van der Waals surface area contributed by atoms with E-state index in [-0.39, 0.29) is 23.2 Å². The molecule has 0 atom stereocenters. The zero-order valence-electron chi connectivity index (χ0n) is 13.3. The van der Waals surface area contributed by atoms with E-state index in [2.05, 4.69) is 10.0 Å². The van der Waals surface area contributed by atoms with Crippen molar-refractivity contribution < 1.29 is 17.6 Å². The molecule has 5 nitrogen and oxygen atoms in total. The van der Waals surface area contributed by atoms with Gasteiger partial charge in [0.15, 0.2) is 0 Å². The van der Waals surface area contributed by atoms with Crippen LogP contribution in [0.5, 0.6) is 0 Å². The smallest absolute Gasteiger partial charge is 0.251 e. The largest absolute Gasteiger partial charge is 0.352 e. The minimum absolute atomic E-state index is 0.0569. The van der Waals surface area contributed by atoms with Gasteiger partial charge in [0.2, 0.25) is 10.0 Å². The van der Waals surface area contributed by atoms with Crippen molar-refractivity contribution in [2.45, 2.75) is 24.8 Å². The van der Waals surface area contributed by atoms with Crippen molar-refractivity contribution in [3.05, 3.63) is 65.5 Å². The molecule has 7 heteroatoms. The number of halogens is 1. The Morgan fingerprint density at radius 3 is 2.25 bits per heavy atom. The molecule has 0 aliphatic carbocycles. The van der Waals surface area contributed by atoms with E-state index in [9.17, 15) is 17.6 Å². The zero-order chi connectivity index (χ0) is 17.6. The van der Waals surface area contributed by atoms with E-state index in [1.807, 2.05) is 6.92 Å². The van der Waals surface area contributed by atoms with E-state index in [0.717, 1.165) is 6.42 Å². The Balaban J connectivity index is 2.03. The quantitative estimate of drug-likeness (QED) is 0.805. The van der Waals surface area contributed by atoms with Crippen LogP contribution in [0, 0.1) is 5.82 Å². The second kappa shape index (κ2) is 8.03. The molecule has 128 valence electrons. The summed E-state index contributed by atoms with van der Waals surface area (Å²) in [6.07, 6.45) is 0.825. The third-order valence-electron chi connectivity index (χ3n) is 3.34. The van der Waals surface area contributed by atoms with E-state index in [1.54, 1.807) is 0 Å². The summed E-state index contributed by atoms with van der Waals surface area (Å²) in [4.78, 5) is 11.9. The van der Waals surface area contributed by atoms with Crippen molar-refractivity contribution in [3.63, 3.8) is 0 Å². The van der Waals surface area contributed by atoms with Crippen LogP contribution in [-0.2, 0) is 16.6 Å². The first-order valence-electron chi connectivity index (χ1n) is 7.55. The average Bonchev–Trinajstić information content (AvgIpc) is 2.59. The number of carbonyl (C=O) groups excluding carboxylic acids is 1. The van der Waals surface area contributed by atoms with Gasteiger partial charge < -0.3 is 5.32 Å². The number of nitrogens with one attached hydrogen (secondary N) is 2. The molecule has 2 rings (SSSR count). The molecule has 2 aromatic rings. The molecule has 0 saturated heterocycles. The fraction of sp³-hybridized carbons (Fsp3) is 0.235. The summed E-state index contributed by atoms with van der Waals surface area (Å²) in [5, 5.41) is 2.72. The van der Waals surface area contributed by atoms with Gasteiger partial charge in [-0.15, -0.1) is 0 Å². The van der Waals surface area contributed by atoms with Crippen LogP contribution in [0.15, 0.2) is 53.4 Å².